The fourth-order valence-electron chi connectivity index (χ4n) is 5.74. The van der Waals surface area contributed by atoms with Crippen LogP contribution in [-0.4, -0.2) is 10.8 Å². The number of thioether (sulfide) groups is 2. The number of ketones is 1. The van der Waals surface area contributed by atoms with Gasteiger partial charge in [-0.3, -0.25) is 4.79 Å². The highest BCUT2D eigenvalue weighted by atomic mass is 32.2. The second-order valence-corrected chi connectivity index (χ2v) is 13.3. The first-order valence-electron chi connectivity index (χ1n) is 13.7. The van der Waals surface area contributed by atoms with Gasteiger partial charge in [-0.15, -0.1) is 0 Å². The van der Waals surface area contributed by atoms with Crippen LogP contribution in [-0.2, 0) is 8.95 Å². The topological polar surface area (TPSA) is 32.7 Å². The molecule has 5 aromatic rings. The van der Waals surface area contributed by atoms with Gasteiger partial charge in [-0.25, -0.2) is 5.01 Å². The summed E-state index contributed by atoms with van der Waals surface area (Å²) < 4.78 is -1.22. The van der Waals surface area contributed by atoms with E-state index in [1.807, 2.05) is 60.3 Å². The van der Waals surface area contributed by atoms with Crippen molar-refractivity contribution in [2.24, 2.45) is 5.10 Å². The molecule has 0 N–H and O–H groups in total. The highest BCUT2D eigenvalue weighted by Crippen LogP contribution is 2.71. The lowest BCUT2D eigenvalue weighted by Gasteiger charge is -2.37. The van der Waals surface area contributed by atoms with Crippen molar-refractivity contribution in [3.63, 3.8) is 0 Å². The molecular weight excluding hydrogens is 541 g/mol. The van der Waals surface area contributed by atoms with Gasteiger partial charge < -0.3 is 0 Å². The third-order valence-corrected chi connectivity index (χ3v) is 11.1. The predicted octanol–water partition coefficient (Wildman–Crippen LogP) is 8.90. The van der Waals surface area contributed by atoms with Crippen molar-refractivity contribution in [2.75, 3.05) is 5.01 Å². The van der Waals surface area contributed by atoms with Crippen LogP contribution in [0, 0.1) is 13.8 Å². The van der Waals surface area contributed by atoms with Crippen LogP contribution in [0.4, 0.5) is 5.69 Å². The number of aryl methyl sites for hydroxylation is 2. The zero-order valence-electron chi connectivity index (χ0n) is 22.8. The van der Waals surface area contributed by atoms with Crippen LogP contribution in [0.2, 0.25) is 0 Å². The number of para-hydroxylation sites is 1. The average molecular weight is 569 g/mol. The summed E-state index contributed by atoms with van der Waals surface area (Å²) in [5, 5.41) is 7.65. The van der Waals surface area contributed by atoms with Crippen LogP contribution in [0.1, 0.15) is 43.7 Å². The number of Topliss-reactive ketones (excluding diaryl/α,β-unsaturated/α-hetero) is 1. The van der Waals surface area contributed by atoms with E-state index in [-0.39, 0.29) is 5.78 Å². The molecule has 1 spiro atoms. The Hall–Kier alpha value is -4.06. The first-order valence-corrected chi connectivity index (χ1v) is 15.3. The van der Waals surface area contributed by atoms with E-state index in [2.05, 4.69) is 104 Å². The molecule has 2 aliphatic rings. The summed E-state index contributed by atoms with van der Waals surface area (Å²) in [7, 11) is 0. The summed E-state index contributed by atoms with van der Waals surface area (Å²) in [5.41, 5.74) is 8.81. The van der Waals surface area contributed by atoms with Crippen molar-refractivity contribution in [2.45, 2.75) is 22.8 Å². The molecule has 1 atom stereocenters. The van der Waals surface area contributed by atoms with Crippen LogP contribution in [0.25, 0.3) is 0 Å². The number of nitrogens with zero attached hydrogens (tertiary/aromatic N) is 2. The molecule has 2 aliphatic heterocycles. The van der Waals surface area contributed by atoms with Crippen molar-refractivity contribution in [1.29, 1.82) is 0 Å². The Morgan fingerprint density at radius 3 is 1.73 bits per heavy atom. The Labute approximate surface area is 249 Å². The largest absolute Gasteiger partial charge is 0.286 e. The number of rotatable bonds is 5. The number of anilines is 1. The molecule has 5 heteroatoms. The average Bonchev–Trinajstić information content (AvgIpc) is 3.55. The third kappa shape index (κ3) is 4.14. The van der Waals surface area contributed by atoms with E-state index >= 15 is 0 Å². The molecule has 7 rings (SSSR count). The maximum atomic E-state index is 13.9. The normalized spacial score (nSPS) is 18.8. The minimum absolute atomic E-state index is 0.0605. The van der Waals surface area contributed by atoms with Gasteiger partial charge in [0, 0.05) is 11.1 Å². The Morgan fingerprint density at radius 1 is 0.634 bits per heavy atom. The Bertz CT molecular complexity index is 1720. The van der Waals surface area contributed by atoms with Gasteiger partial charge in [0.2, 0.25) is 5.78 Å². The lowest BCUT2D eigenvalue weighted by Crippen LogP contribution is -2.34. The van der Waals surface area contributed by atoms with Gasteiger partial charge in [-0.1, -0.05) is 156 Å². The number of carbonyl (C=O) groups is 1. The van der Waals surface area contributed by atoms with Crippen LogP contribution >= 0.6 is 23.5 Å². The number of fused-ring (bicyclic) bond motifs is 2. The van der Waals surface area contributed by atoms with Crippen LogP contribution in [0.5, 0.6) is 0 Å². The summed E-state index contributed by atoms with van der Waals surface area (Å²) in [5.74, 6) is -0.0605. The van der Waals surface area contributed by atoms with Gasteiger partial charge in [0.15, 0.2) is 9.25 Å². The molecular formula is C36H28N2OS2. The summed E-state index contributed by atoms with van der Waals surface area (Å²) in [6.07, 6.45) is 0. The first-order chi connectivity index (χ1) is 20.0. The number of hydrogen-bond acceptors (Lipinski definition) is 5. The van der Waals surface area contributed by atoms with Crippen LogP contribution in [0.3, 0.4) is 0 Å². The fraction of sp³-hybridized carbons (Fsp3) is 0.111. The molecule has 200 valence electrons. The molecule has 0 saturated heterocycles. The second kappa shape index (κ2) is 10.1. The van der Waals surface area contributed by atoms with E-state index < -0.39 is 8.95 Å². The maximum Gasteiger partial charge on any atom is 0.219 e. The molecule has 1 unspecified atom stereocenters. The van der Waals surface area contributed by atoms with E-state index in [0.29, 0.717) is 10.6 Å². The van der Waals surface area contributed by atoms with Crippen LogP contribution < -0.4 is 5.01 Å². The summed E-state index contributed by atoms with van der Waals surface area (Å²) in [6.45, 7) is 4.25. The van der Waals surface area contributed by atoms with Gasteiger partial charge in [0.25, 0.3) is 0 Å². The summed E-state index contributed by atoms with van der Waals surface area (Å²) in [4.78, 5) is 13.9. The Balaban J connectivity index is 1.48. The summed E-state index contributed by atoms with van der Waals surface area (Å²) in [6, 6.07) is 46.1. The maximum absolute atomic E-state index is 13.9. The van der Waals surface area contributed by atoms with Crippen molar-refractivity contribution >= 4 is 40.0 Å². The molecule has 0 aromatic heterocycles. The minimum Gasteiger partial charge on any atom is -0.286 e. The minimum atomic E-state index is -0.701. The Kier molecular flexibility index (Phi) is 6.37. The van der Waals surface area contributed by atoms with E-state index in [1.165, 1.54) is 27.8 Å². The van der Waals surface area contributed by atoms with Gasteiger partial charge >= 0.3 is 0 Å². The second-order valence-electron chi connectivity index (χ2n) is 10.5. The van der Waals surface area contributed by atoms with Gasteiger partial charge in [0.05, 0.1) is 10.4 Å². The zero-order valence-corrected chi connectivity index (χ0v) is 24.5. The smallest absolute Gasteiger partial charge is 0.219 e. The molecule has 0 aliphatic carbocycles. The SMILES string of the molecule is Cc1ccc(C2(c3ccc(C)cc3)SC3(SC(C(=O)c4ccccc4)=NN3c3ccccc3)c3ccccc32)cc1. The molecule has 0 amide bonds. The molecule has 2 heterocycles. The Morgan fingerprint density at radius 2 is 1.15 bits per heavy atom. The molecule has 0 bridgehead atoms. The zero-order chi connectivity index (χ0) is 28.0. The van der Waals surface area contributed by atoms with E-state index in [4.69, 9.17) is 5.10 Å². The van der Waals surface area contributed by atoms with Crippen molar-refractivity contribution in [1.82, 2.24) is 0 Å². The quantitative estimate of drug-likeness (QED) is 0.198. The van der Waals surface area contributed by atoms with Crippen LogP contribution in [0.15, 0.2) is 139 Å². The molecule has 3 nitrogen and oxygen atoms in total. The fourth-order valence-corrected chi connectivity index (χ4v) is 9.37. The van der Waals surface area contributed by atoms with Gasteiger partial charge in [0.1, 0.15) is 0 Å². The van der Waals surface area contributed by atoms with Gasteiger partial charge in [-0.2, -0.15) is 5.10 Å². The molecule has 41 heavy (non-hydrogen) atoms. The number of carbonyl (C=O) groups excluding carboxylic acids is 1. The highest BCUT2D eigenvalue weighted by Gasteiger charge is 2.61. The van der Waals surface area contributed by atoms with E-state index in [1.54, 1.807) is 11.8 Å². The molecule has 0 fully saturated rings. The molecule has 0 saturated carbocycles. The van der Waals surface area contributed by atoms with Crippen molar-refractivity contribution in [3.05, 3.63) is 172 Å². The molecule has 0 radical (unpaired) electrons. The van der Waals surface area contributed by atoms with E-state index in [0.717, 1.165) is 11.3 Å². The lowest BCUT2D eigenvalue weighted by molar-refractivity contribution is 0.106. The first kappa shape index (κ1) is 25.9. The predicted molar refractivity (Wildman–Crippen MR) is 173 cm³/mol. The standard InChI is InChI=1S/C36H28N2OS2/c1-25-17-21-28(22-18-25)35(29-23-19-26(2)20-24-29)31-15-9-10-16-32(31)36(41-35)38(30-13-7-4-8-14-30)37-34(40-36)33(39)27-11-5-3-6-12-27/h3-24H,1-2H3. The summed E-state index contributed by atoms with van der Waals surface area (Å²) >= 11 is 3.41. The van der Waals surface area contributed by atoms with Crippen molar-refractivity contribution in [3.8, 4) is 0 Å². The lowest BCUT2D eigenvalue weighted by atomic mass is 9.81. The molecule has 5 aromatic carbocycles. The number of benzene rings is 5. The third-order valence-electron chi connectivity index (χ3n) is 7.79. The van der Waals surface area contributed by atoms with Crippen molar-refractivity contribution < 1.29 is 4.79 Å². The van der Waals surface area contributed by atoms with Gasteiger partial charge in [-0.05, 0) is 42.7 Å². The monoisotopic (exact) mass is 568 g/mol. The number of hydrazone groups is 1. The highest BCUT2D eigenvalue weighted by molar-refractivity contribution is 8.27. The van der Waals surface area contributed by atoms with E-state index in [9.17, 15) is 4.79 Å². The number of hydrogen-bond donors (Lipinski definition) is 0.